The number of amides is 3. The molecular weight excluding hydrogens is 337 g/mol. The van der Waals surface area contributed by atoms with Crippen LogP contribution in [0, 0.1) is 5.82 Å². The molecule has 26 heavy (non-hydrogen) atoms. The molecule has 0 unspecified atom stereocenters. The second-order valence-electron chi connectivity index (χ2n) is 5.91. The summed E-state index contributed by atoms with van der Waals surface area (Å²) in [7, 11) is 0. The van der Waals surface area contributed by atoms with Crippen LogP contribution in [0.15, 0.2) is 48.5 Å². The monoisotopic (exact) mass is 357 g/mol. The van der Waals surface area contributed by atoms with Crippen molar-refractivity contribution >= 4 is 23.3 Å². The Morgan fingerprint density at radius 1 is 1.23 bits per heavy atom. The number of para-hydroxylation sites is 1. The van der Waals surface area contributed by atoms with Gasteiger partial charge >= 0.3 is 6.03 Å². The maximum Gasteiger partial charge on any atom is 0.319 e. The molecule has 0 spiro atoms. The van der Waals surface area contributed by atoms with E-state index in [4.69, 9.17) is 4.74 Å². The van der Waals surface area contributed by atoms with Gasteiger partial charge in [0.15, 0.2) is 0 Å². The highest BCUT2D eigenvalue weighted by molar-refractivity contribution is 5.97. The molecule has 0 radical (unpaired) electrons. The predicted octanol–water partition coefficient (Wildman–Crippen LogP) is 3.15. The molecule has 1 heterocycles. The molecule has 1 saturated heterocycles. The zero-order valence-corrected chi connectivity index (χ0v) is 14.4. The van der Waals surface area contributed by atoms with Gasteiger partial charge in [0, 0.05) is 18.7 Å². The SMILES string of the molecule is CCOc1ccc(N2C[C@@H](NC(=O)Nc3ccccc3F)CC2=O)cc1. The molecule has 0 saturated carbocycles. The van der Waals surface area contributed by atoms with Crippen molar-refractivity contribution in [2.45, 2.75) is 19.4 Å². The van der Waals surface area contributed by atoms with E-state index >= 15 is 0 Å². The number of carbonyl (C=O) groups excluding carboxylic acids is 2. The summed E-state index contributed by atoms with van der Waals surface area (Å²) in [6.07, 6.45) is 0.192. The lowest BCUT2D eigenvalue weighted by molar-refractivity contribution is -0.117. The van der Waals surface area contributed by atoms with E-state index in [0.29, 0.717) is 13.2 Å². The fourth-order valence-corrected chi connectivity index (χ4v) is 2.85. The fourth-order valence-electron chi connectivity index (χ4n) is 2.85. The van der Waals surface area contributed by atoms with Gasteiger partial charge in [0.2, 0.25) is 5.91 Å². The van der Waals surface area contributed by atoms with E-state index in [-0.39, 0.29) is 24.1 Å². The van der Waals surface area contributed by atoms with Crippen molar-refractivity contribution in [1.29, 1.82) is 0 Å². The lowest BCUT2D eigenvalue weighted by Crippen LogP contribution is -2.39. The summed E-state index contributed by atoms with van der Waals surface area (Å²) < 4.78 is 19.0. The Bertz CT molecular complexity index is 795. The van der Waals surface area contributed by atoms with Gasteiger partial charge in [-0.15, -0.1) is 0 Å². The van der Waals surface area contributed by atoms with E-state index in [9.17, 15) is 14.0 Å². The fraction of sp³-hybridized carbons (Fsp3) is 0.263. The van der Waals surface area contributed by atoms with Crippen LogP contribution < -0.4 is 20.3 Å². The summed E-state index contributed by atoms with van der Waals surface area (Å²) in [6, 6.07) is 12.3. The van der Waals surface area contributed by atoms with Crippen LogP contribution in [0.3, 0.4) is 0 Å². The number of nitrogens with one attached hydrogen (secondary N) is 2. The molecule has 0 aliphatic carbocycles. The van der Waals surface area contributed by atoms with E-state index in [2.05, 4.69) is 10.6 Å². The number of hydrogen-bond donors (Lipinski definition) is 2. The molecular formula is C19H20FN3O3. The second kappa shape index (κ2) is 7.86. The van der Waals surface area contributed by atoms with Crippen molar-refractivity contribution < 1.29 is 18.7 Å². The van der Waals surface area contributed by atoms with Gasteiger partial charge in [-0.1, -0.05) is 12.1 Å². The molecule has 1 atom stereocenters. The van der Waals surface area contributed by atoms with E-state index in [0.717, 1.165) is 11.4 Å². The van der Waals surface area contributed by atoms with Crippen molar-refractivity contribution in [3.63, 3.8) is 0 Å². The summed E-state index contributed by atoms with van der Waals surface area (Å²) in [5.74, 6) is 0.147. The molecule has 2 aromatic rings. The van der Waals surface area contributed by atoms with Crippen LogP contribution in [0.25, 0.3) is 0 Å². The minimum atomic E-state index is -0.540. The Morgan fingerprint density at radius 2 is 1.96 bits per heavy atom. The third-order valence-electron chi connectivity index (χ3n) is 4.04. The summed E-state index contributed by atoms with van der Waals surface area (Å²) in [5.41, 5.74) is 0.843. The van der Waals surface area contributed by atoms with Crippen LogP contribution >= 0.6 is 0 Å². The van der Waals surface area contributed by atoms with E-state index in [1.165, 1.54) is 12.1 Å². The maximum absolute atomic E-state index is 13.6. The van der Waals surface area contributed by atoms with Crippen molar-refractivity contribution in [2.24, 2.45) is 0 Å². The van der Waals surface area contributed by atoms with Crippen LogP contribution in [0.1, 0.15) is 13.3 Å². The summed E-state index contributed by atoms with van der Waals surface area (Å²) >= 11 is 0. The van der Waals surface area contributed by atoms with E-state index in [1.54, 1.807) is 29.2 Å². The van der Waals surface area contributed by atoms with Crippen molar-refractivity contribution in [1.82, 2.24) is 5.32 Å². The quantitative estimate of drug-likeness (QED) is 0.864. The Hall–Kier alpha value is -3.09. The number of hydrogen-bond acceptors (Lipinski definition) is 3. The third kappa shape index (κ3) is 4.11. The molecule has 1 aliphatic heterocycles. The molecule has 2 aromatic carbocycles. The van der Waals surface area contributed by atoms with Gasteiger partial charge in [0.1, 0.15) is 11.6 Å². The summed E-state index contributed by atoms with van der Waals surface area (Å²) in [4.78, 5) is 25.9. The highest BCUT2D eigenvalue weighted by atomic mass is 19.1. The van der Waals surface area contributed by atoms with E-state index < -0.39 is 11.8 Å². The first-order chi connectivity index (χ1) is 12.6. The molecule has 7 heteroatoms. The lowest BCUT2D eigenvalue weighted by Gasteiger charge is -2.18. The maximum atomic E-state index is 13.6. The van der Waals surface area contributed by atoms with Crippen molar-refractivity contribution in [3.05, 3.63) is 54.3 Å². The molecule has 3 amide bonds. The van der Waals surface area contributed by atoms with Crippen LogP contribution in [0.4, 0.5) is 20.6 Å². The average molecular weight is 357 g/mol. The number of urea groups is 1. The van der Waals surface area contributed by atoms with Gasteiger partial charge < -0.3 is 20.3 Å². The van der Waals surface area contributed by atoms with Crippen LogP contribution in [-0.2, 0) is 4.79 Å². The van der Waals surface area contributed by atoms with Crippen LogP contribution in [0.5, 0.6) is 5.75 Å². The molecule has 6 nitrogen and oxygen atoms in total. The molecule has 2 N–H and O–H groups in total. The summed E-state index contributed by atoms with van der Waals surface area (Å²) in [6.45, 7) is 2.84. The topological polar surface area (TPSA) is 70.7 Å². The smallest absolute Gasteiger partial charge is 0.319 e. The number of benzene rings is 2. The average Bonchev–Trinajstić information content (AvgIpc) is 2.98. The number of carbonyl (C=O) groups is 2. The van der Waals surface area contributed by atoms with Gasteiger partial charge in [0.25, 0.3) is 0 Å². The Morgan fingerprint density at radius 3 is 2.65 bits per heavy atom. The van der Waals surface area contributed by atoms with Crippen LogP contribution in [-0.4, -0.2) is 31.1 Å². The highest BCUT2D eigenvalue weighted by Gasteiger charge is 2.31. The molecule has 0 bridgehead atoms. The van der Waals surface area contributed by atoms with Gasteiger partial charge in [-0.05, 0) is 43.3 Å². The molecule has 136 valence electrons. The summed E-state index contributed by atoms with van der Waals surface area (Å²) in [5, 5.41) is 5.17. The first kappa shape index (κ1) is 17.7. The Balaban J connectivity index is 1.59. The van der Waals surface area contributed by atoms with Crippen molar-refractivity contribution in [2.75, 3.05) is 23.4 Å². The van der Waals surface area contributed by atoms with Gasteiger partial charge in [-0.3, -0.25) is 4.79 Å². The molecule has 3 rings (SSSR count). The minimum Gasteiger partial charge on any atom is -0.494 e. The van der Waals surface area contributed by atoms with Crippen LogP contribution in [0.2, 0.25) is 0 Å². The first-order valence-corrected chi connectivity index (χ1v) is 8.42. The number of rotatable bonds is 5. The predicted molar refractivity (Wildman–Crippen MR) is 96.9 cm³/mol. The Kier molecular flexibility index (Phi) is 5.36. The number of anilines is 2. The van der Waals surface area contributed by atoms with Gasteiger partial charge in [0.05, 0.1) is 18.3 Å². The lowest BCUT2D eigenvalue weighted by atomic mass is 10.2. The zero-order valence-electron chi connectivity index (χ0n) is 14.4. The first-order valence-electron chi connectivity index (χ1n) is 8.42. The largest absolute Gasteiger partial charge is 0.494 e. The number of nitrogens with zero attached hydrogens (tertiary/aromatic N) is 1. The minimum absolute atomic E-state index is 0.0784. The standard InChI is InChI=1S/C19H20FN3O3/c1-2-26-15-9-7-14(8-10-15)23-12-13(11-18(23)24)21-19(25)22-17-6-4-3-5-16(17)20/h3-10,13H,2,11-12H2,1H3,(H2,21,22,25)/t13-/m0/s1. The number of halogens is 1. The third-order valence-corrected chi connectivity index (χ3v) is 4.04. The Labute approximate surface area is 150 Å². The normalized spacial score (nSPS) is 16.5. The van der Waals surface area contributed by atoms with Crippen molar-refractivity contribution in [3.8, 4) is 5.75 Å². The molecule has 1 fully saturated rings. The van der Waals surface area contributed by atoms with Gasteiger partial charge in [-0.2, -0.15) is 0 Å². The second-order valence-corrected chi connectivity index (χ2v) is 5.91. The highest BCUT2D eigenvalue weighted by Crippen LogP contribution is 2.24. The zero-order chi connectivity index (χ0) is 18.5. The number of ether oxygens (including phenoxy) is 1. The molecule has 1 aliphatic rings. The molecule has 0 aromatic heterocycles. The van der Waals surface area contributed by atoms with E-state index in [1.807, 2.05) is 19.1 Å². The van der Waals surface area contributed by atoms with Gasteiger partial charge in [-0.25, -0.2) is 9.18 Å².